The molecule has 6 nitrogen and oxygen atoms in total. The molecule has 0 aromatic heterocycles. The lowest BCUT2D eigenvalue weighted by molar-refractivity contribution is -0.144. The number of aryl methyl sites for hydroxylation is 1. The second-order valence-corrected chi connectivity index (χ2v) is 6.37. The molecule has 0 heterocycles. The van der Waals surface area contributed by atoms with Gasteiger partial charge in [0.1, 0.15) is 12.3 Å². The third-order valence-corrected chi connectivity index (χ3v) is 4.38. The molecule has 0 radical (unpaired) electrons. The van der Waals surface area contributed by atoms with Crippen LogP contribution in [-0.2, 0) is 20.7 Å². The highest BCUT2D eigenvalue weighted by Gasteiger charge is 2.18. The van der Waals surface area contributed by atoms with Gasteiger partial charge in [0.15, 0.2) is 0 Å². The van der Waals surface area contributed by atoms with E-state index < -0.39 is 5.97 Å². The van der Waals surface area contributed by atoms with Gasteiger partial charge in [-0.1, -0.05) is 12.1 Å². The zero-order valence-corrected chi connectivity index (χ0v) is 14.8. The van der Waals surface area contributed by atoms with Crippen LogP contribution >= 0.6 is 0 Å². The van der Waals surface area contributed by atoms with Crippen molar-refractivity contribution >= 4 is 11.9 Å². The van der Waals surface area contributed by atoms with Gasteiger partial charge in [0.25, 0.3) is 0 Å². The Morgan fingerprint density at radius 2 is 2.04 bits per heavy atom. The summed E-state index contributed by atoms with van der Waals surface area (Å²) in [7, 11) is 1.53. The maximum absolute atomic E-state index is 12.3. The van der Waals surface area contributed by atoms with E-state index in [4.69, 9.17) is 14.6 Å². The van der Waals surface area contributed by atoms with Crippen molar-refractivity contribution in [3.05, 3.63) is 29.8 Å². The third kappa shape index (κ3) is 6.74. The average Bonchev–Trinajstić information content (AvgIpc) is 3.09. The summed E-state index contributed by atoms with van der Waals surface area (Å²) in [5.74, 6) is -0.350. The van der Waals surface area contributed by atoms with E-state index in [0.29, 0.717) is 19.1 Å². The molecule has 1 amide bonds. The number of rotatable bonds is 10. The number of methoxy groups -OCH3 is 1. The van der Waals surface area contributed by atoms with Gasteiger partial charge in [0.05, 0.1) is 12.7 Å². The SMILES string of the molecule is COCCN(CC(=O)O)C(=O)CCc1cccc(OC2CCCC2)c1. The summed E-state index contributed by atoms with van der Waals surface area (Å²) in [6.07, 6.45) is 5.78. The summed E-state index contributed by atoms with van der Waals surface area (Å²) in [4.78, 5) is 24.5. The smallest absolute Gasteiger partial charge is 0.323 e. The highest BCUT2D eigenvalue weighted by Crippen LogP contribution is 2.24. The topological polar surface area (TPSA) is 76.1 Å². The van der Waals surface area contributed by atoms with Gasteiger partial charge in [-0.25, -0.2) is 0 Å². The Balaban J connectivity index is 1.87. The lowest BCUT2D eigenvalue weighted by Gasteiger charge is -2.20. The Morgan fingerprint density at radius 1 is 1.28 bits per heavy atom. The van der Waals surface area contributed by atoms with Crippen molar-refractivity contribution in [2.24, 2.45) is 0 Å². The van der Waals surface area contributed by atoms with E-state index in [1.54, 1.807) is 0 Å². The van der Waals surface area contributed by atoms with Crippen molar-refractivity contribution in [1.29, 1.82) is 0 Å². The standard InChI is InChI=1S/C19H27NO5/c1-24-12-11-20(14-19(22)23)18(21)10-9-15-5-4-8-17(13-15)25-16-6-2-3-7-16/h4-5,8,13,16H,2-3,6-7,9-12,14H2,1H3,(H,22,23). The van der Waals surface area contributed by atoms with Gasteiger partial charge < -0.3 is 19.5 Å². The molecule has 1 N–H and O–H groups in total. The maximum atomic E-state index is 12.3. The van der Waals surface area contributed by atoms with Crippen LogP contribution in [-0.4, -0.2) is 54.8 Å². The van der Waals surface area contributed by atoms with Gasteiger partial charge in [-0.2, -0.15) is 0 Å². The number of aliphatic carboxylic acids is 1. The van der Waals surface area contributed by atoms with Crippen LogP contribution in [0, 0.1) is 0 Å². The molecule has 0 unspecified atom stereocenters. The van der Waals surface area contributed by atoms with Crippen molar-refractivity contribution < 1.29 is 24.2 Å². The third-order valence-electron chi connectivity index (χ3n) is 4.38. The van der Waals surface area contributed by atoms with Gasteiger partial charge in [-0.3, -0.25) is 9.59 Å². The molecule has 1 aliphatic rings. The molecule has 0 saturated heterocycles. The molecule has 0 bridgehead atoms. The first kappa shape index (κ1) is 19.2. The van der Waals surface area contributed by atoms with E-state index in [-0.39, 0.29) is 25.4 Å². The summed E-state index contributed by atoms with van der Waals surface area (Å²) in [5.41, 5.74) is 1.02. The molecule has 6 heteroatoms. The first-order valence-electron chi connectivity index (χ1n) is 8.82. The number of nitrogens with zero attached hydrogens (tertiary/aromatic N) is 1. The number of ether oxygens (including phenoxy) is 2. The fourth-order valence-corrected chi connectivity index (χ4v) is 3.04. The highest BCUT2D eigenvalue weighted by molar-refractivity contribution is 5.81. The molecule has 25 heavy (non-hydrogen) atoms. The first-order valence-corrected chi connectivity index (χ1v) is 8.82. The number of carboxylic acid groups (broad SMARTS) is 1. The second-order valence-electron chi connectivity index (χ2n) is 6.37. The van der Waals surface area contributed by atoms with Crippen LogP contribution < -0.4 is 4.74 Å². The first-order chi connectivity index (χ1) is 12.1. The van der Waals surface area contributed by atoms with Crippen LogP contribution in [0.3, 0.4) is 0 Å². The van der Waals surface area contributed by atoms with E-state index in [0.717, 1.165) is 24.2 Å². The predicted molar refractivity (Wildman–Crippen MR) is 93.7 cm³/mol. The quantitative estimate of drug-likeness (QED) is 0.702. The summed E-state index contributed by atoms with van der Waals surface area (Å²) < 4.78 is 10.9. The highest BCUT2D eigenvalue weighted by atomic mass is 16.5. The molecule has 0 aliphatic heterocycles. The van der Waals surface area contributed by atoms with E-state index in [1.165, 1.54) is 24.9 Å². The molecule has 1 fully saturated rings. The normalized spacial score (nSPS) is 14.4. The molecular formula is C19H27NO5. The Bertz CT molecular complexity index is 569. The van der Waals surface area contributed by atoms with Crippen molar-refractivity contribution in [2.45, 2.75) is 44.6 Å². The number of amides is 1. The fourth-order valence-electron chi connectivity index (χ4n) is 3.04. The predicted octanol–water partition coefficient (Wildman–Crippen LogP) is 2.50. The van der Waals surface area contributed by atoms with Crippen LogP contribution in [0.1, 0.15) is 37.7 Å². The van der Waals surface area contributed by atoms with Crippen molar-refractivity contribution in [3.8, 4) is 5.75 Å². The molecule has 1 aliphatic carbocycles. The molecule has 2 rings (SSSR count). The van der Waals surface area contributed by atoms with Crippen molar-refractivity contribution in [2.75, 3.05) is 26.8 Å². The molecule has 0 spiro atoms. The van der Waals surface area contributed by atoms with Crippen LogP contribution in [0.2, 0.25) is 0 Å². The Labute approximate surface area is 148 Å². The van der Waals surface area contributed by atoms with Gasteiger partial charge in [0.2, 0.25) is 5.91 Å². The molecule has 1 aromatic rings. The zero-order valence-electron chi connectivity index (χ0n) is 14.8. The molecular weight excluding hydrogens is 322 g/mol. The summed E-state index contributed by atoms with van der Waals surface area (Å²) in [6, 6.07) is 7.82. The van der Waals surface area contributed by atoms with Gasteiger partial charge in [0, 0.05) is 20.1 Å². The second kappa shape index (κ2) is 10.0. The maximum Gasteiger partial charge on any atom is 0.323 e. The van der Waals surface area contributed by atoms with Crippen LogP contribution in [0.15, 0.2) is 24.3 Å². The van der Waals surface area contributed by atoms with E-state index in [1.807, 2.05) is 24.3 Å². The van der Waals surface area contributed by atoms with Crippen LogP contribution in [0.5, 0.6) is 5.75 Å². The van der Waals surface area contributed by atoms with E-state index >= 15 is 0 Å². The largest absolute Gasteiger partial charge is 0.490 e. The van der Waals surface area contributed by atoms with E-state index in [9.17, 15) is 9.59 Å². The number of hydrogen-bond donors (Lipinski definition) is 1. The molecule has 138 valence electrons. The lowest BCUT2D eigenvalue weighted by Crippen LogP contribution is -2.38. The lowest BCUT2D eigenvalue weighted by atomic mass is 10.1. The Hall–Kier alpha value is -2.08. The zero-order chi connectivity index (χ0) is 18.1. The average molecular weight is 349 g/mol. The number of carbonyl (C=O) groups excluding carboxylic acids is 1. The summed E-state index contributed by atoms with van der Waals surface area (Å²) in [5, 5.41) is 8.94. The number of carbonyl (C=O) groups is 2. The van der Waals surface area contributed by atoms with Crippen molar-refractivity contribution in [1.82, 2.24) is 4.90 Å². The Morgan fingerprint density at radius 3 is 2.72 bits per heavy atom. The minimum atomic E-state index is -1.02. The molecule has 0 atom stereocenters. The van der Waals surface area contributed by atoms with E-state index in [2.05, 4.69) is 0 Å². The van der Waals surface area contributed by atoms with Gasteiger partial charge >= 0.3 is 5.97 Å². The van der Waals surface area contributed by atoms with Crippen molar-refractivity contribution in [3.63, 3.8) is 0 Å². The van der Waals surface area contributed by atoms with Gasteiger partial charge in [-0.05, 0) is 49.8 Å². The fraction of sp³-hybridized carbons (Fsp3) is 0.579. The van der Waals surface area contributed by atoms with Crippen LogP contribution in [0.25, 0.3) is 0 Å². The summed E-state index contributed by atoms with van der Waals surface area (Å²) >= 11 is 0. The minimum absolute atomic E-state index is 0.179. The molecule has 1 aromatic carbocycles. The monoisotopic (exact) mass is 349 g/mol. The summed E-state index contributed by atoms with van der Waals surface area (Å²) in [6.45, 7) is 0.309. The number of carboxylic acids is 1. The van der Waals surface area contributed by atoms with Crippen LogP contribution in [0.4, 0.5) is 0 Å². The minimum Gasteiger partial charge on any atom is -0.490 e. The number of hydrogen-bond acceptors (Lipinski definition) is 4. The number of benzene rings is 1. The van der Waals surface area contributed by atoms with Gasteiger partial charge in [-0.15, -0.1) is 0 Å². The molecule has 1 saturated carbocycles. The Kier molecular flexibility index (Phi) is 7.73.